The van der Waals surface area contributed by atoms with Gasteiger partial charge in [-0.3, -0.25) is 9.48 Å². The zero-order valence-electron chi connectivity index (χ0n) is 14.7. The average Bonchev–Trinajstić information content (AvgIpc) is 2.80. The molecule has 1 amide bonds. The Labute approximate surface area is 144 Å². The summed E-state index contributed by atoms with van der Waals surface area (Å²) in [5.41, 5.74) is 1.71. The number of hydrogen-bond donors (Lipinski definition) is 1. The lowest BCUT2D eigenvalue weighted by molar-refractivity contribution is -0.123. The van der Waals surface area contributed by atoms with E-state index in [-0.39, 0.29) is 11.3 Å². The maximum Gasteiger partial charge on any atom is 0.341 e. The Bertz CT molecular complexity index is 816. The molecule has 1 heterocycles. The van der Waals surface area contributed by atoms with Crippen molar-refractivity contribution in [3.8, 4) is 5.75 Å². The van der Waals surface area contributed by atoms with E-state index in [2.05, 4.69) is 10.4 Å². The van der Waals surface area contributed by atoms with Gasteiger partial charge in [-0.05, 0) is 32.9 Å². The van der Waals surface area contributed by atoms with Crippen molar-refractivity contribution < 1.29 is 23.5 Å². The van der Waals surface area contributed by atoms with Crippen LogP contribution in [0.5, 0.6) is 5.75 Å². The van der Waals surface area contributed by atoms with Crippen LogP contribution in [0.25, 0.3) is 0 Å². The number of nitrogens with one attached hydrogen (secondary N) is 1. The largest absolute Gasteiger partial charge is 0.497 e. The number of benzene rings is 1. The number of hydrogen-bond acceptors (Lipinski definition) is 5. The summed E-state index contributed by atoms with van der Waals surface area (Å²) in [6, 6.07) is 3.76. The monoisotopic (exact) mass is 349 g/mol. The molecule has 0 saturated carbocycles. The molecule has 7 nitrogen and oxygen atoms in total. The van der Waals surface area contributed by atoms with Crippen molar-refractivity contribution in [3.63, 3.8) is 0 Å². The van der Waals surface area contributed by atoms with E-state index in [4.69, 9.17) is 9.47 Å². The molecule has 2 aromatic rings. The summed E-state index contributed by atoms with van der Waals surface area (Å²) in [6.45, 7) is 4.97. The molecule has 0 radical (unpaired) electrons. The van der Waals surface area contributed by atoms with Gasteiger partial charge in [-0.25, -0.2) is 9.18 Å². The molecule has 0 aliphatic heterocycles. The van der Waals surface area contributed by atoms with Gasteiger partial charge in [0.25, 0.3) is 5.91 Å². The first-order valence-corrected chi connectivity index (χ1v) is 7.60. The molecule has 8 heteroatoms. The van der Waals surface area contributed by atoms with Gasteiger partial charge in [0, 0.05) is 13.1 Å². The smallest absolute Gasteiger partial charge is 0.341 e. The Morgan fingerprint density at radius 1 is 1.32 bits per heavy atom. The highest BCUT2D eigenvalue weighted by molar-refractivity contribution is 5.98. The topological polar surface area (TPSA) is 82.4 Å². The molecule has 0 saturated heterocycles. The maximum absolute atomic E-state index is 13.9. The Hall–Kier alpha value is -2.90. The van der Waals surface area contributed by atoms with E-state index in [0.29, 0.717) is 11.4 Å². The van der Waals surface area contributed by atoms with Gasteiger partial charge in [-0.15, -0.1) is 0 Å². The minimum atomic E-state index is -1.10. The SMILES string of the molecule is COc1ccc(C(=O)O[C@@H](C)C(=O)Nc2c(C)nn(C)c2C)c(F)c1. The third-order valence-corrected chi connectivity index (χ3v) is 3.81. The number of esters is 1. The number of aromatic nitrogens is 2. The number of nitrogens with zero attached hydrogens (tertiary/aromatic N) is 2. The lowest BCUT2D eigenvalue weighted by atomic mass is 10.2. The summed E-state index contributed by atoms with van der Waals surface area (Å²) >= 11 is 0. The molecule has 0 aliphatic carbocycles. The zero-order valence-corrected chi connectivity index (χ0v) is 14.7. The van der Waals surface area contributed by atoms with E-state index in [1.165, 1.54) is 26.2 Å². The van der Waals surface area contributed by atoms with Crippen LogP contribution in [0.3, 0.4) is 0 Å². The quantitative estimate of drug-likeness (QED) is 0.838. The molecule has 0 spiro atoms. The number of rotatable bonds is 5. The van der Waals surface area contributed by atoms with Crippen LogP contribution in [-0.2, 0) is 16.6 Å². The van der Waals surface area contributed by atoms with Crippen molar-refractivity contribution in [1.82, 2.24) is 9.78 Å². The van der Waals surface area contributed by atoms with Gasteiger partial charge in [0.1, 0.15) is 11.6 Å². The fourth-order valence-corrected chi connectivity index (χ4v) is 2.25. The van der Waals surface area contributed by atoms with E-state index in [1.54, 1.807) is 25.6 Å². The molecule has 2 rings (SSSR count). The summed E-state index contributed by atoms with van der Waals surface area (Å²) < 4.78 is 25.5. The second-order valence-electron chi connectivity index (χ2n) is 5.55. The Balaban J connectivity index is 2.07. The van der Waals surface area contributed by atoms with E-state index in [0.717, 1.165) is 11.8 Å². The second kappa shape index (κ2) is 7.33. The fraction of sp³-hybridized carbons (Fsp3) is 0.353. The maximum atomic E-state index is 13.9. The molecule has 25 heavy (non-hydrogen) atoms. The Kier molecular flexibility index (Phi) is 5.41. The number of ether oxygens (including phenoxy) is 2. The molecule has 1 aromatic heterocycles. The van der Waals surface area contributed by atoms with Crippen LogP contribution in [0.2, 0.25) is 0 Å². The molecular weight excluding hydrogens is 329 g/mol. The number of halogens is 1. The summed E-state index contributed by atoms with van der Waals surface area (Å²) in [5, 5.41) is 6.87. The number of aryl methyl sites for hydroxylation is 2. The predicted molar refractivity (Wildman–Crippen MR) is 89.1 cm³/mol. The highest BCUT2D eigenvalue weighted by Crippen LogP contribution is 2.20. The molecule has 0 aliphatic rings. The van der Waals surface area contributed by atoms with Crippen LogP contribution in [0.1, 0.15) is 28.7 Å². The highest BCUT2D eigenvalue weighted by Gasteiger charge is 2.23. The normalized spacial score (nSPS) is 11.8. The van der Waals surface area contributed by atoms with E-state index < -0.39 is 23.8 Å². The molecule has 0 bridgehead atoms. The third kappa shape index (κ3) is 3.96. The molecule has 0 unspecified atom stereocenters. The molecule has 0 fully saturated rings. The van der Waals surface area contributed by atoms with Crippen LogP contribution in [0.15, 0.2) is 18.2 Å². The van der Waals surface area contributed by atoms with Gasteiger partial charge < -0.3 is 14.8 Å². The van der Waals surface area contributed by atoms with Gasteiger partial charge in [0.2, 0.25) is 0 Å². The minimum absolute atomic E-state index is 0.269. The van der Waals surface area contributed by atoms with Crippen molar-refractivity contribution in [3.05, 3.63) is 41.0 Å². The summed E-state index contributed by atoms with van der Waals surface area (Å²) in [7, 11) is 3.15. The van der Waals surface area contributed by atoms with Gasteiger partial charge >= 0.3 is 5.97 Å². The van der Waals surface area contributed by atoms with Crippen LogP contribution in [0.4, 0.5) is 10.1 Å². The first kappa shape index (κ1) is 18.4. The molecule has 1 N–H and O–H groups in total. The van der Waals surface area contributed by atoms with Crippen molar-refractivity contribution in [2.75, 3.05) is 12.4 Å². The number of methoxy groups -OCH3 is 1. The summed E-state index contributed by atoms with van der Waals surface area (Å²) in [5.74, 6) is -1.96. The van der Waals surface area contributed by atoms with Crippen LogP contribution in [-0.4, -0.2) is 34.9 Å². The number of carbonyl (C=O) groups excluding carboxylic acids is 2. The van der Waals surface area contributed by atoms with Crippen molar-refractivity contribution >= 4 is 17.6 Å². The number of carbonyl (C=O) groups is 2. The predicted octanol–water partition coefficient (Wildman–Crippen LogP) is 2.37. The highest BCUT2D eigenvalue weighted by atomic mass is 19.1. The first-order valence-electron chi connectivity index (χ1n) is 7.60. The van der Waals surface area contributed by atoms with Crippen molar-refractivity contribution in [2.45, 2.75) is 26.9 Å². The van der Waals surface area contributed by atoms with Gasteiger partial charge in [0.15, 0.2) is 6.10 Å². The Morgan fingerprint density at radius 2 is 2.00 bits per heavy atom. The number of anilines is 1. The van der Waals surface area contributed by atoms with Gasteiger partial charge in [-0.1, -0.05) is 0 Å². The zero-order chi connectivity index (χ0) is 18.7. The third-order valence-electron chi connectivity index (χ3n) is 3.81. The van der Waals surface area contributed by atoms with E-state index >= 15 is 0 Å². The average molecular weight is 349 g/mol. The van der Waals surface area contributed by atoms with Crippen LogP contribution in [0, 0.1) is 19.7 Å². The van der Waals surface area contributed by atoms with Gasteiger partial charge in [-0.2, -0.15) is 5.10 Å². The van der Waals surface area contributed by atoms with E-state index in [1.807, 2.05) is 0 Å². The second-order valence-corrected chi connectivity index (χ2v) is 5.55. The summed E-state index contributed by atoms with van der Waals surface area (Å²) in [6.07, 6.45) is -1.10. The summed E-state index contributed by atoms with van der Waals surface area (Å²) in [4.78, 5) is 24.3. The molecule has 1 aromatic carbocycles. The van der Waals surface area contributed by atoms with Crippen molar-refractivity contribution in [1.29, 1.82) is 0 Å². The van der Waals surface area contributed by atoms with E-state index in [9.17, 15) is 14.0 Å². The molecule has 1 atom stereocenters. The fourth-order valence-electron chi connectivity index (χ4n) is 2.25. The van der Waals surface area contributed by atoms with Crippen LogP contribution >= 0.6 is 0 Å². The lowest BCUT2D eigenvalue weighted by Crippen LogP contribution is -2.30. The van der Waals surface area contributed by atoms with Crippen molar-refractivity contribution in [2.24, 2.45) is 7.05 Å². The molecular formula is C17H20FN3O4. The lowest BCUT2D eigenvalue weighted by Gasteiger charge is -2.14. The Morgan fingerprint density at radius 3 is 2.52 bits per heavy atom. The van der Waals surface area contributed by atoms with Gasteiger partial charge in [0.05, 0.1) is 29.7 Å². The molecule has 134 valence electrons. The number of amides is 1. The first-order chi connectivity index (χ1) is 11.7. The van der Waals surface area contributed by atoms with Crippen LogP contribution < -0.4 is 10.1 Å². The standard InChI is InChI=1S/C17H20FN3O4/c1-9-15(10(2)21(4)20-9)19-16(22)11(3)25-17(23)13-7-6-12(24-5)8-14(13)18/h6-8,11H,1-5H3,(H,19,22)/t11-/m0/s1. The minimum Gasteiger partial charge on any atom is -0.497 e.